The van der Waals surface area contributed by atoms with Gasteiger partial charge in [0, 0.05) is 48.2 Å². The van der Waals surface area contributed by atoms with Crippen LogP contribution in [0.15, 0.2) is 152 Å². The van der Waals surface area contributed by atoms with Crippen LogP contribution in [0.5, 0.6) is 0 Å². The quantitative estimate of drug-likeness (QED) is 0.151. The Bertz CT molecular complexity index is 2530. The van der Waals surface area contributed by atoms with Crippen molar-refractivity contribution in [3.8, 4) is 50.8 Å². The van der Waals surface area contributed by atoms with Gasteiger partial charge in [-0.3, -0.25) is 4.57 Å². The maximum absolute atomic E-state index is 4.99. The lowest BCUT2D eigenvalue weighted by Gasteiger charge is -2.37. The first-order valence-electron chi connectivity index (χ1n) is 19.3. The molecule has 9 rings (SSSR count). The molecule has 6 nitrogen and oxygen atoms in total. The molecule has 5 aromatic carbocycles. The molecule has 1 aliphatic rings. The van der Waals surface area contributed by atoms with Crippen molar-refractivity contribution >= 4 is 18.1 Å². The van der Waals surface area contributed by atoms with E-state index in [0.717, 1.165) is 40.7 Å². The average molecular weight is 717 g/mol. The number of nitrogens with one attached hydrogen (secondary N) is 1. The fourth-order valence-corrected chi connectivity index (χ4v) is 8.50. The minimum Gasteiger partial charge on any atom is -0.394 e. The largest absolute Gasteiger partial charge is 0.417 e. The molecule has 4 heterocycles. The van der Waals surface area contributed by atoms with Gasteiger partial charge in [-0.1, -0.05) is 131 Å². The van der Waals surface area contributed by atoms with Crippen molar-refractivity contribution in [2.45, 2.75) is 46.0 Å². The Morgan fingerprint density at radius 1 is 0.618 bits per heavy atom. The van der Waals surface area contributed by atoms with E-state index in [9.17, 15) is 0 Å². The van der Waals surface area contributed by atoms with Gasteiger partial charge in [-0.15, -0.1) is 0 Å². The summed E-state index contributed by atoms with van der Waals surface area (Å²) < 4.78 is 4.61. The number of fused-ring (bicyclic) bond motifs is 3. The van der Waals surface area contributed by atoms with Gasteiger partial charge < -0.3 is 14.3 Å². The van der Waals surface area contributed by atoms with Gasteiger partial charge >= 0.3 is 6.98 Å². The topological polar surface area (TPSA) is 54.7 Å². The molecule has 0 aliphatic carbocycles. The van der Waals surface area contributed by atoms with Gasteiger partial charge in [-0.25, -0.2) is 9.97 Å². The summed E-state index contributed by atoms with van der Waals surface area (Å²) in [5.74, 6) is 2.68. The van der Waals surface area contributed by atoms with Gasteiger partial charge in [0.15, 0.2) is 5.82 Å². The molecule has 55 heavy (non-hydrogen) atoms. The second-order valence-electron chi connectivity index (χ2n) is 15.3. The zero-order valence-corrected chi connectivity index (χ0v) is 32.1. The Morgan fingerprint density at radius 3 is 1.89 bits per heavy atom. The number of imidazole rings is 2. The normalized spacial score (nSPS) is 12.4. The lowest BCUT2D eigenvalue weighted by molar-refractivity contribution is 0.806. The number of hydrogen-bond donors (Lipinski definition) is 1. The first kappa shape index (κ1) is 34.4. The molecular weight excluding hydrogens is 671 g/mol. The van der Waals surface area contributed by atoms with Crippen LogP contribution in [-0.4, -0.2) is 38.0 Å². The van der Waals surface area contributed by atoms with Gasteiger partial charge in [0.1, 0.15) is 5.82 Å². The van der Waals surface area contributed by atoms with Crippen LogP contribution < -0.4 is 10.3 Å². The molecular formula is C48H45BN6. The third-order valence-electron chi connectivity index (χ3n) is 11.1. The van der Waals surface area contributed by atoms with E-state index in [2.05, 4.69) is 193 Å². The minimum atomic E-state index is -0.103. The molecule has 0 bridgehead atoms. The van der Waals surface area contributed by atoms with Crippen molar-refractivity contribution in [1.29, 1.82) is 0 Å². The SMILES string of the molecule is CC(C)c1cccc(C(C)C)c1-n1ccnc1-c1ccc(Cc2ccc3c(c2)-c2nccn2B(c2c(-c4ccccc4)cccc2-c2ccccc2)N3C)[nH]1. The smallest absolute Gasteiger partial charge is 0.394 e. The maximum atomic E-state index is 4.99. The van der Waals surface area contributed by atoms with Crippen molar-refractivity contribution in [3.05, 3.63) is 175 Å². The Balaban J connectivity index is 1.07. The summed E-state index contributed by atoms with van der Waals surface area (Å²) in [6.45, 7) is 8.96. The number of anilines is 1. The van der Waals surface area contributed by atoms with E-state index in [1.807, 2.05) is 12.4 Å². The standard InChI is InChI=1S/C48H45BN6/c1-32(2)38-18-12-19-39(33(3)4)46(38)54-28-26-51-48(54)43-24-23-37(52-43)30-34-22-25-44-42(31-34)47-50-27-29-55(47)49(53(44)5)45-40(35-14-8-6-9-15-35)20-13-21-41(45)36-16-10-7-11-17-36/h6-29,31-33,52H,30H2,1-5H3. The molecule has 3 aromatic heterocycles. The van der Waals surface area contributed by atoms with Crippen LogP contribution in [0.1, 0.15) is 61.9 Å². The molecule has 0 fully saturated rings. The molecule has 7 heteroatoms. The van der Waals surface area contributed by atoms with Crippen LogP contribution in [-0.2, 0) is 6.42 Å². The highest BCUT2D eigenvalue weighted by molar-refractivity contribution is 6.78. The summed E-state index contributed by atoms with van der Waals surface area (Å²) >= 11 is 0. The van der Waals surface area contributed by atoms with Crippen molar-refractivity contribution in [3.63, 3.8) is 0 Å². The summed E-state index contributed by atoms with van der Waals surface area (Å²) in [6, 6.07) is 46.1. The number of nitrogens with zero attached hydrogens (tertiary/aromatic N) is 5. The molecule has 1 aliphatic heterocycles. The molecule has 270 valence electrons. The fraction of sp³-hybridized carbons (Fsp3) is 0.167. The number of aromatic amines is 1. The van der Waals surface area contributed by atoms with Crippen LogP contribution in [0.2, 0.25) is 0 Å². The first-order valence-corrected chi connectivity index (χ1v) is 19.3. The Kier molecular flexibility index (Phi) is 8.86. The highest BCUT2D eigenvalue weighted by Crippen LogP contribution is 2.39. The first-order chi connectivity index (χ1) is 26.9. The van der Waals surface area contributed by atoms with Crippen molar-refractivity contribution in [2.24, 2.45) is 0 Å². The lowest BCUT2D eigenvalue weighted by Crippen LogP contribution is -2.55. The van der Waals surface area contributed by atoms with E-state index < -0.39 is 0 Å². The summed E-state index contributed by atoms with van der Waals surface area (Å²) in [7, 11) is 2.21. The Morgan fingerprint density at radius 2 is 1.24 bits per heavy atom. The monoisotopic (exact) mass is 716 g/mol. The van der Waals surface area contributed by atoms with Crippen LogP contribution >= 0.6 is 0 Å². The maximum Gasteiger partial charge on any atom is 0.417 e. The summed E-state index contributed by atoms with van der Waals surface area (Å²) in [4.78, 5) is 16.0. The van der Waals surface area contributed by atoms with Crippen LogP contribution in [0.3, 0.4) is 0 Å². The number of benzene rings is 5. The van der Waals surface area contributed by atoms with E-state index in [4.69, 9.17) is 9.97 Å². The van der Waals surface area contributed by atoms with E-state index in [0.29, 0.717) is 11.8 Å². The molecule has 0 atom stereocenters. The predicted octanol–water partition coefficient (Wildman–Crippen LogP) is 10.6. The molecule has 0 saturated carbocycles. The number of rotatable bonds is 9. The molecule has 1 N–H and O–H groups in total. The second kappa shape index (κ2) is 14.1. The highest BCUT2D eigenvalue weighted by Gasteiger charge is 2.38. The Labute approximate surface area is 324 Å². The van der Waals surface area contributed by atoms with E-state index in [1.165, 1.54) is 50.1 Å². The van der Waals surface area contributed by atoms with Gasteiger partial charge in [0.25, 0.3) is 0 Å². The molecule has 0 amide bonds. The molecule has 0 radical (unpaired) electrons. The summed E-state index contributed by atoms with van der Waals surface area (Å²) in [5, 5.41) is 0. The highest BCUT2D eigenvalue weighted by atomic mass is 15.2. The van der Waals surface area contributed by atoms with Crippen LogP contribution in [0.4, 0.5) is 5.69 Å². The molecule has 0 spiro atoms. The fourth-order valence-electron chi connectivity index (χ4n) is 8.50. The van der Waals surface area contributed by atoms with Gasteiger partial charge in [0.05, 0.1) is 11.4 Å². The number of H-pyrrole nitrogens is 1. The summed E-state index contributed by atoms with van der Waals surface area (Å²) in [6.07, 6.45) is 8.83. The third-order valence-corrected chi connectivity index (χ3v) is 11.1. The molecule has 0 saturated heterocycles. The molecule has 8 aromatic rings. The number of hydrogen-bond acceptors (Lipinski definition) is 3. The Hall–Kier alpha value is -6.34. The van der Waals surface area contributed by atoms with Gasteiger partial charge in [-0.05, 0) is 87.6 Å². The third kappa shape index (κ3) is 6.10. The zero-order valence-electron chi connectivity index (χ0n) is 32.1. The summed E-state index contributed by atoms with van der Waals surface area (Å²) in [5.41, 5.74) is 15.7. The van der Waals surface area contributed by atoms with Crippen molar-refractivity contribution in [2.75, 3.05) is 11.9 Å². The van der Waals surface area contributed by atoms with Gasteiger partial charge in [-0.2, -0.15) is 0 Å². The van der Waals surface area contributed by atoms with Crippen LogP contribution in [0.25, 0.3) is 50.8 Å². The predicted molar refractivity (Wildman–Crippen MR) is 229 cm³/mol. The lowest BCUT2D eigenvalue weighted by atomic mass is 9.59. The van der Waals surface area contributed by atoms with Gasteiger partial charge in [0.2, 0.25) is 0 Å². The van der Waals surface area contributed by atoms with Crippen molar-refractivity contribution in [1.82, 2.24) is 24.0 Å². The van der Waals surface area contributed by atoms with E-state index >= 15 is 0 Å². The van der Waals surface area contributed by atoms with Crippen LogP contribution in [0, 0.1) is 0 Å². The number of para-hydroxylation sites is 1. The van der Waals surface area contributed by atoms with Crippen molar-refractivity contribution < 1.29 is 0 Å². The minimum absolute atomic E-state index is 0.103. The average Bonchev–Trinajstić information content (AvgIpc) is 4.00. The second-order valence-corrected chi connectivity index (χ2v) is 15.3. The van der Waals surface area contributed by atoms with E-state index in [-0.39, 0.29) is 6.98 Å². The van der Waals surface area contributed by atoms with E-state index in [1.54, 1.807) is 0 Å². The number of aromatic nitrogens is 5. The molecule has 0 unspecified atom stereocenters. The zero-order chi connectivity index (χ0) is 37.6.